The highest BCUT2D eigenvalue weighted by Crippen LogP contribution is 2.32. The lowest BCUT2D eigenvalue weighted by molar-refractivity contribution is -0.137. The van der Waals surface area contributed by atoms with E-state index in [0.717, 1.165) is 16.8 Å². The van der Waals surface area contributed by atoms with E-state index >= 15 is 0 Å². The van der Waals surface area contributed by atoms with Crippen LogP contribution in [-0.4, -0.2) is 25.7 Å². The lowest BCUT2D eigenvalue weighted by Gasteiger charge is -2.13. The van der Waals surface area contributed by atoms with Crippen LogP contribution in [0, 0.1) is 20.8 Å². The van der Waals surface area contributed by atoms with Crippen LogP contribution in [0.2, 0.25) is 0 Å². The summed E-state index contributed by atoms with van der Waals surface area (Å²) in [7, 11) is 0. The molecular weight excluding hydrogens is 375 g/mol. The fourth-order valence-corrected chi connectivity index (χ4v) is 2.59. The molecule has 0 radical (unpaired) electrons. The van der Waals surface area contributed by atoms with E-state index in [9.17, 15) is 22.8 Å². The van der Waals surface area contributed by atoms with Crippen LogP contribution in [-0.2, 0) is 6.18 Å². The van der Waals surface area contributed by atoms with Gasteiger partial charge in [0.2, 0.25) is 5.95 Å². The number of carbonyl (C=O) groups excluding carboxylic acids is 1. The Morgan fingerprint density at radius 1 is 1.18 bits per heavy atom. The van der Waals surface area contributed by atoms with Gasteiger partial charge in [-0.1, -0.05) is 12.1 Å². The van der Waals surface area contributed by atoms with Gasteiger partial charge in [0.15, 0.2) is 0 Å². The third-order valence-corrected chi connectivity index (χ3v) is 4.13. The van der Waals surface area contributed by atoms with Crippen molar-refractivity contribution >= 4 is 11.7 Å². The van der Waals surface area contributed by atoms with Gasteiger partial charge in [0, 0.05) is 17.3 Å². The molecule has 0 aliphatic rings. The number of amides is 1. The number of hydrogen-bond donors (Lipinski definition) is 2. The van der Waals surface area contributed by atoms with Crippen LogP contribution < -0.4 is 10.9 Å². The minimum atomic E-state index is -4.68. The molecule has 146 valence electrons. The van der Waals surface area contributed by atoms with Crippen molar-refractivity contribution in [2.24, 2.45) is 0 Å². The zero-order valence-corrected chi connectivity index (χ0v) is 15.2. The third-order valence-electron chi connectivity index (χ3n) is 4.13. The van der Waals surface area contributed by atoms with Gasteiger partial charge in [-0.05, 0) is 32.9 Å². The number of nitrogens with one attached hydrogen (secondary N) is 2. The van der Waals surface area contributed by atoms with Gasteiger partial charge in [-0.15, -0.1) is 0 Å². The Bertz CT molecular complexity index is 1120. The van der Waals surface area contributed by atoms with Crippen LogP contribution >= 0.6 is 0 Å². The van der Waals surface area contributed by atoms with E-state index < -0.39 is 23.2 Å². The monoisotopic (exact) mass is 391 g/mol. The molecule has 0 aliphatic carbocycles. The van der Waals surface area contributed by atoms with Crippen molar-refractivity contribution < 1.29 is 18.0 Å². The van der Waals surface area contributed by atoms with Gasteiger partial charge in [-0.2, -0.15) is 23.0 Å². The van der Waals surface area contributed by atoms with Crippen molar-refractivity contribution in [3.8, 4) is 5.95 Å². The summed E-state index contributed by atoms with van der Waals surface area (Å²) >= 11 is 0. The number of H-pyrrole nitrogens is 1. The molecule has 3 aromatic rings. The zero-order chi connectivity index (χ0) is 20.6. The molecule has 0 saturated carbocycles. The Kier molecular flexibility index (Phi) is 4.80. The Morgan fingerprint density at radius 2 is 1.86 bits per heavy atom. The summed E-state index contributed by atoms with van der Waals surface area (Å²) in [5, 5.41) is 6.57. The Morgan fingerprint density at radius 3 is 2.50 bits per heavy atom. The summed E-state index contributed by atoms with van der Waals surface area (Å²) in [6, 6.07) is 5.93. The second-order valence-corrected chi connectivity index (χ2v) is 6.18. The van der Waals surface area contributed by atoms with E-state index in [-0.39, 0.29) is 17.3 Å². The van der Waals surface area contributed by atoms with Crippen LogP contribution in [0.15, 0.2) is 35.1 Å². The summed E-state index contributed by atoms with van der Waals surface area (Å²) in [6.07, 6.45) is -4.68. The third kappa shape index (κ3) is 3.66. The van der Waals surface area contributed by atoms with Crippen molar-refractivity contribution in [1.29, 1.82) is 0 Å². The molecule has 0 unspecified atom stereocenters. The lowest BCUT2D eigenvalue weighted by Crippen LogP contribution is -2.22. The Hall–Kier alpha value is -3.43. The molecule has 0 atom stereocenters. The first kappa shape index (κ1) is 19.3. The Labute approximate surface area is 157 Å². The van der Waals surface area contributed by atoms with Gasteiger partial charge in [-0.25, -0.2) is 4.98 Å². The molecular formula is C18H16F3N5O2. The van der Waals surface area contributed by atoms with E-state index in [2.05, 4.69) is 20.4 Å². The Balaban J connectivity index is 2.02. The summed E-state index contributed by atoms with van der Waals surface area (Å²) in [4.78, 5) is 31.3. The lowest BCUT2D eigenvalue weighted by atomic mass is 10.1. The van der Waals surface area contributed by atoms with Crippen molar-refractivity contribution in [3.05, 3.63) is 68.8 Å². The molecule has 0 bridgehead atoms. The van der Waals surface area contributed by atoms with E-state index in [0.29, 0.717) is 17.0 Å². The van der Waals surface area contributed by atoms with E-state index in [1.807, 2.05) is 0 Å². The number of alkyl halides is 3. The van der Waals surface area contributed by atoms with E-state index in [1.54, 1.807) is 20.8 Å². The maximum Gasteiger partial charge on any atom is 0.417 e. The minimum absolute atomic E-state index is 0.0422. The molecule has 2 aromatic heterocycles. The largest absolute Gasteiger partial charge is 0.417 e. The number of carbonyl (C=O) groups is 1. The quantitative estimate of drug-likeness (QED) is 0.717. The van der Waals surface area contributed by atoms with Gasteiger partial charge in [-0.3, -0.25) is 14.6 Å². The molecule has 1 amide bonds. The number of aromatic amines is 1. The number of anilines is 1. The van der Waals surface area contributed by atoms with Crippen molar-refractivity contribution in [3.63, 3.8) is 0 Å². The average Bonchev–Trinajstić information content (AvgIpc) is 2.98. The van der Waals surface area contributed by atoms with Gasteiger partial charge in [0.05, 0.1) is 16.8 Å². The molecule has 1 aromatic carbocycles. The molecule has 0 saturated heterocycles. The molecule has 28 heavy (non-hydrogen) atoms. The van der Waals surface area contributed by atoms with Gasteiger partial charge >= 0.3 is 6.18 Å². The molecule has 7 nitrogen and oxygen atoms in total. The second kappa shape index (κ2) is 6.95. The number of halogens is 3. The minimum Gasteiger partial charge on any atom is -0.306 e. The van der Waals surface area contributed by atoms with Crippen molar-refractivity contribution in [2.75, 3.05) is 5.32 Å². The number of benzene rings is 1. The van der Waals surface area contributed by atoms with Gasteiger partial charge in [0.1, 0.15) is 5.82 Å². The second-order valence-electron chi connectivity index (χ2n) is 6.18. The number of aryl methyl sites for hydroxylation is 2. The van der Waals surface area contributed by atoms with E-state index in [1.165, 1.54) is 18.2 Å². The van der Waals surface area contributed by atoms with Crippen LogP contribution in [0.3, 0.4) is 0 Å². The van der Waals surface area contributed by atoms with Crippen molar-refractivity contribution in [2.45, 2.75) is 26.9 Å². The number of hydrogen-bond acceptors (Lipinski definition) is 4. The molecule has 0 spiro atoms. The van der Waals surface area contributed by atoms with Gasteiger partial charge < -0.3 is 5.32 Å². The number of aromatic nitrogens is 4. The fourth-order valence-electron chi connectivity index (χ4n) is 2.59. The van der Waals surface area contributed by atoms with Gasteiger partial charge in [0.25, 0.3) is 11.5 Å². The highest BCUT2D eigenvalue weighted by molar-refractivity contribution is 6.05. The first-order chi connectivity index (χ1) is 13.1. The summed E-state index contributed by atoms with van der Waals surface area (Å²) < 4.78 is 40.7. The van der Waals surface area contributed by atoms with Crippen LogP contribution in [0.4, 0.5) is 19.0 Å². The first-order valence-electron chi connectivity index (χ1n) is 8.20. The maximum atomic E-state index is 13.2. The van der Waals surface area contributed by atoms with Crippen molar-refractivity contribution in [1.82, 2.24) is 19.7 Å². The molecule has 2 heterocycles. The molecule has 3 rings (SSSR count). The van der Waals surface area contributed by atoms with E-state index in [4.69, 9.17) is 0 Å². The van der Waals surface area contributed by atoms with Crippen LogP contribution in [0.5, 0.6) is 0 Å². The zero-order valence-electron chi connectivity index (χ0n) is 15.2. The summed E-state index contributed by atoms with van der Waals surface area (Å²) in [6.45, 7) is 4.88. The molecule has 0 aliphatic heterocycles. The highest BCUT2D eigenvalue weighted by Gasteiger charge is 2.35. The predicted molar refractivity (Wildman–Crippen MR) is 95.6 cm³/mol. The topological polar surface area (TPSA) is 92.7 Å². The summed E-state index contributed by atoms with van der Waals surface area (Å²) in [5.74, 6) is -0.841. The predicted octanol–water partition coefficient (Wildman–Crippen LogP) is 3.15. The average molecular weight is 391 g/mol. The fraction of sp³-hybridized carbons (Fsp3) is 0.222. The first-order valence-corrected chi connectivity index (χ1v) is 8.20. The molecule has 10 heteroatoms. The smallest absolute Gasteiger partial charge is 0.306 e. The SMILES string of the molecule is Cc1cc(NC(=O)c2ccccc2C(F)(F)F)n(-c2nc(C)c(C)c(=O)[nH]2)n1. The standard InChI is InChI=1S/C18H16F3N5O2/c1-9-8-14(26(25-9)17-22-11(3)10(2)15(27)24-17)23-16(28)12-6-4-5-7-13(12)18(19,20)21/h4-8H,1-3H3,(H,23,28)(H,22,24,27). The molecule has 0 fully saturated rings. The number of rotatable bonds is 3. The highest BCUT2D eigenvalue weighted by atomic mass is 19.4. The number of nitrogens with zero attached hydrogens (tertiary/aromatic N) is 3. The summed E-state index contributed by atoms with van der Waals surface area (Å²) in [5.41, 5.74) is -0.588. The normalized spacial score (nSPS) is 11.5. The molecule has 2 N–H and O–H groups in total. The maximum absolute atomic E-state index is 13.2. The van der Waals surface area contributed by atoms with Crippen LogP contribution in [0.1, 0.15) is 32.9 Å². The van der Waals surface area contributed by atoms with Crippen LogP contribution in [0.25, 0.3) is 5.95 Å².